The average molecular weight is 344 g/mol. The van der Waals surface area contributed by atoms with E-state index in [4.69, 9.17) is 15.2 Å². The molecule has 0 radical (unpaired) electrons. The minimum absolute atomic E-state index is 0.270. The summed E-state index contributed by atoms with van der Waals surface area (Å²) in [6, 6.07) is 4.23. The van der Waals surface area contributed by atoms with Crippen LogP contribution < -0.4 is 25.4 Å². The van der Waals surface area contributed by atoms with Crippen molar-refractivity contribution in [2.75, 3.05) is 32.2 Å². The van der Waals surface area contributed by atoms with E-state index >= 15 is 0 Å². The Hall–Kier alpha value is -3.21. The predicted molar refractivity (Wildman–Crippen MR) is 92.3 cm³/mol. The van der Waals surface area contributed by atoms with Gasteiger partial charge in [-0.1, -0.05) is 0 Å². The van der Waals surface area contributed by atoms with Gasteiger partial charge >= 0.3 is 6.03 Å². The van der Waals surface area contributed by atoms with Crippen LogP contribution in [0, 0.1) is 11.3 Å². The largest absolute Gasteiger partial charge is 0.496 e. The fourth-order valence-corrected chi connectivity index (χ4v) is 2.71. The van der Waals surface area contributed by atoms with Crippen molar-refractivity contribution in [2.24, 2.45) is 5.73 Å². The SMILES string of the molecule is COc1cc(N2CCCC2)c(OC)cc1/C=C(/C#N)C(=O)NC(N)=O. The molecule has 0 unspecified atom stereocenters. The summed E-state index contributed by atoms with van der Waals surface area (Å²) in [6.07, 6.45) is 3.55. The van der Waals surface area contributed by atoms with Crippen LogP contribution in [0.2, 0.25) is 0 Å². The lowest BCUT2D eigenvalue weighted by molar-refractivity contribution is -0.115. The van der Waals surface area contributed by atoms with Gasteiger partial charge in [0.1, 0.15) is 23.1 Å². The Morgan fingerprint density at radius 1 is 1.24 bits per heavy atom. The van der Waals surface area contributed by atoms with Crippen LogP contribution in [0.15, 0.2) is 17.7 Å². The fraction of sp³-hybridized carbons (Fsp3) is 0.353. The van der Waals surface area contributed by atoms with Crippen molar-refractivity contribution in [1.82, 2.24) is 5.32 Å². The Balaban J connectivity index is 2.46. The zero-order valence-corrected chi connectivity index (χ0v) is 14.2. The molecule has 0 bridgehead atoms. The smallest absolute Gasteiger partial charge is 0.319 e. The minimum Gasteiger partial charge on any atom is -0.496 e. The second-order valence-corrected chi connectivity index (χ2v) is 5.45. The van der Waals surface area contributed by atoms with Gasteiger partial charge in [0.05, 0.1) is 19.9 Å². The third kappa shape index (κ3) is 4.20. The van der Waals surface area contributed by atoms with Gasteiger partial charge in [-0.05, 0) is 25.0 Å². The number of imide groups is 1. The van der Waals surface area contributed by atoms with Crippen LogP contribution in [0.4, 0.5) is 10.5 Å². The summed E-state index contributed by atoms with van der Waals surface area (Å²) >= 11 is 0. The molecule has 0 spiro atoms. The van der Waals surface area contributed by atoms with Crippen molar-refractivity contribution in [3.63, 3.8) is 0 Å². The third-order valence-corrected chi connectivity index (χ3v) is 3.88. The molecule has 1 fully saturated rings. The molecule has 8 heteroatoms. The lowest BCUT2D eigenvalue weighted by Gasteiger charge is -2.22. The molecular formula is C17H20N4O4. The number of nitriles is 1. The number of rotatable bonds is 5. The molecule has 132 valence electrons. The second-order valence-electron chi connectivity index (χ2n) is 5.45. The molecule has 1 heterocycles. The van der Waals surface area contributed by atoms with E-state index in [1.54, 1.807) is 19.2 Å². The van der Waals surface area contributed by atoms with E-state index in [1.807, 2.05) is 11.4 Å². The molecule has 1 saturated heterocycles. The molecule has 0 aliphatic carbocycles. The summed E-state index contributed by atoms with van der Waals surface area (Å²) < 4.78 is 10.8. The van der Waals surface area contributed by atoms with E-state index in [-0.39, 0.29) is 5.57 Å². The summed E-state index contributed by atoms with van der Waals surface area (Å²) in [6.45, 7) is 1.86. The predicted octanol–water partition coefficient (Wildman–Crippen LogP) is 1.41. The van der Waals surface area contributed by atoms with Crippen molar-refractivity contribution < 1.29 is 19.1 Å². The minimum atomic E-state index is -1.03. The topological polar surface area (TPSA) is 118 Å². The first-order chi connectivity index (χ1) is 12.0. The highest BCUT2D eigenvalue weighted by molar-refractivity contribution is 6.08. The Morgan fingerprint density at radius 2 is 1.88 bits per heavy atom. The zero-order valence-electron chi connectivity index (χ0n) is 14.2. The number of nitrogens with two attached hydrogens (primary N) is 1. The number of ether oxygens (including phenoxy) is 2. The van der Waals surface area contributed by atoms with E-state index in [2.05, 4.69) is 4.90 Å². The molecule has 1 aromatic carbocycles. The summed E-state index contributed by atoms with van der Waals surface area (Å²) in [5.41, 5.74) is 6.02. The third-order valence-electron chi connectivity index (χ3n) is 3.88. The number of anilines is 1. The van der Waals surface area contributed by atoms with Crippen molar-refractivity contribution in [2.45, 2.75) is 12.8 Å². The monoisotopic (exact) mass is 344 g/mol. The fourth-order valence-electron chi connectivity index (χ4n) is 2.71. The van der Waals surface area contributed by atoms with Crippen LogP contribution in [0.5, 0.6) is 11.5 Å². The van der Waals surface area contributed by atoms with Gasteiger partial charge in [-0.2, -0.15) is 5.26 Å². The molecule has 0 saturated carbocycles. The number of primary amides is 1. The Bertz CT molecular complexity index is 746. The molecule has 8 nitrogen and oxygen atoms in total. The van der Waals surface area contributed by atoms with Gasteiger partial charge in [0, 0.05) is 24.7 Å². The molecule has 1 aliphatic rings. The van der Waals surface area contributed by atoms with E-state index in [9.17, 15) is 14.9 Å². The normalized spacial score (nSPS) is 14.0. The number of amides is 3. The second kappa shape index (κ2) is 8.06. The Kier molecular flexibility index (Phi) is 5.84. The van der Waals surface area contributed by atoms with Crippen molar-refractivity contribution in [3.05, 3.63) is 23.3 Å². The molecular weight excluding hydrogens is 324 g/mol. The number of nitrogens with zero attached hydrogens (tertiary/aromatic N) is 2. The zero-order chi connectivity index (χ0) is 18.4. The van der Waals surface area contributed by atoms with Gasteiger partial charge in [0.25, 0.3) is 5.91 Å². The number of methoxy groups -OCH3 is 2. The standard InChI is InChI=1S/C17H20N4O4/c1-24-14-9-13(21-5-3-4-6-21)15(25-2)8-11(14)7-12(10-18)16(22)20-17(19)23/h7-9H,3-6H2,1-2H3,(H3,19,20,22,23)/b12-7-. The summed E-state index contributed by atoms with van der Waals surface area (Å²) in [5, 5.41) is 11.0. The van der Waals surface area contributed by atoms with Gasteiger partial charge in [0.2, 0.25) is 0 Å². The quantitative estimate of drug-likeness (QED) is 0.616. The lowest BCUT2D eigenvalue weighted by atomic mass is 10.1. The van der Waals surface area contributed by atoms with Gasteiger partial charge in [-0.25, -0.2) is 4.79 Å². The van der Waals surface area contributed by atoms with Gasteiger partial charge in [-0.3, -0.25) is 10.1 Å². The first kappa shape index (κ1) is 18.1. The van der Waals surface area contributed by atoms with Crippen molar-refractivity contribution in [3.8, 4) is 17.6 Å². The van der Waals surface area contributed by atoms with E-state index in [0.717, 1.165) is 31.6 Å². The maximum Gasteiger partial charge on any atom is 0.319 e. The van der Waals surface area contributed by atoms with Crippen molar-refractivity contribution >= 4 is 23.7 Å². The number of benzene rings is 1. The maximum atomic E-state index is 11.8. The molecule has 1 aromatic rings. The van der Waals surface area contributed by atoms with Crippen LogP contribution >= 0.6 is 0 Å². The van der Waals surface area contributed by atoms with E-state index < -0.39 is 11.9 Å². The highest BCUT2D eigenvalue weighted by Crippen LogP contribution is 2.37. The van der Waals surface area contributed by atoms with Gasteiger partial charge in [0.15, 0.2) is 0 Å². The molecule has 1 aliphatic heterocycles. The Morgan fingerprint density at radius 3 is 2.40 bits per heavy atom. The van der Waals surface area contributed by atoms with Gasteiger partial charge in [-0.15, -0.1) is 0 Å². The summed E-state index contributed by atoms with van der Waals surface area (Å²) in [7, 11) is 3.06. The highest BCUT2D eigenvalue weighted by atomic mass is 16.5. The summed E-state index contributed by atoms with van der Waals surface area (Å²) in [4.78, 5) is 24.8. The first-order valence-electron chi connectivity index (χ1n) is 7.73. The van der Waals surface area contributed by atoms with E-state index in [0.29, 0.717) is 17.1 Å². The first-order valence-corrected chi connectivity index (χ1v) is 7.73. The number of nitrogens with one attached hydrogen (secondary N) is 1. The van der Waals surface area contributed by atoms with E-state index in [1.165, 1.54) is 13.2 Å². The number of carbonyl (C=O) groups is 2. The molecule has 0 atom stereocenters. The number of urea groups is 1. The molecule has 3 amide bonds. The summed E-state index contributed by atoms with van der Waals surface area (Å²) in [5.74, 6) is 0.225. The van der Waals surface area contributed by atoms with Crippen LogP contribution in [0.3, 0.4) is 0 Å². The molecule has 0 aromatic heterocycles. The van der Waals surface area contributed by atoms with Crippen LogP contribution in [-0.2, 0) is 4.79 Å². The Labute approximate surface area is 145 Å². The molecule has 25 heavy (non-hydrogen) atoms. The number of hydrogen-bond acceptors (Lipinski definition) is 6. The van der Waals surface area contributed by atoms with Crippen LogP contribution in [-0.4, -0.2) is 39.2 Å². The number of hydrogen-bond donors (Lipinski definition) is 2. The average Bonchev–Trinajstić information content (AvgIpc) is 3.12. The highest BCUT2D eigenvalue weighted by Gasteiger charge is 2.20. The lowest BCUT2D eigenvalue weighted by Crippen LogP contribution is -2.35. The molecule has 2 rings (SSSR count). The van der Waals surface area contributed by atoms with Gasteiger partial charge < -0.3 is 20.1 Å². The van der Waals surface area contributed by atoms with Crippen molar-refractivity contribution in [1.29, 1.82) is 5.26 Å². The van der Waals surface area contributed by atoms with Crippen LogP contribution in [0.1, 0.15) is 18.4 Å². The van der Waals surface area contributed by atoms with Crippen LogP contribution in [0.25, 0.3) is 6.08 Å². The number of carbonyl (C=O) groups excluding carboxylic acids is 2. The molecule has 3 N–H and O–H groups in total. The maximum absolute atomic E-state index is 11.8.